The number of anilines is 1. The van der Waals surface area contributed by atoms with Crippen molar-refractivity contribution in [3.63, 3.8) is 0 Å². The predicted octanol–water partition coefficient (Wildman–Crippen LogP) is 4.53. The van der Waals surface area contributed by atoms with Crippen LogP contribution >= 0.6 is 11.6 Å². The highest BCUT2D eigenvalue weighted by Gasteiger charge is 2.13. The number of nitrogens with zero attached hydrogens (tertiary/aromatic N) is 1. The number of benzene rings is 2. The van der Waals surface area contributed by atoms with Crippen LogP contribution in [0.4, 0.5) is 5.69 Å². The lowest BCUT2D eigenvalue weighted by Crippen LogP contribution is -2.23. The SMILES string of the molecule is Cc1ccc(C)c(NC(=O)c2cc(C(=O)NCc3ccc(Cl)cc3)ccn2)c1. The molecule has 0 saturated heterocycles. The second-order valence-corrected chi connectivity index (χ2v) is 6.95. The molecule has 142 valence electrons. The molecule has 1 aromatic heterocycles. The zero-order chi connectivity index (χ0) is 20.1. The number of aromatic nitrogens is 1. The Hall–Kier alpha value is -3.18. The molecule has 0 saturated carbocycles. The Morgan fingerprint density at radius 3 is 2.46 bits per heavy atom. The van der Waals surface area contributed by atoms with Crippen LogP contribution in [-0.4, -0.2) is 16.8 Å². The molecule has 0 bridgehead atoms. The molecule has 0 unspecified atom stereocenters. The lowest BCUT2D eigenvalue weighted by molar-refractivity contribution is 0.0951. The van der Waals surface area contributed by atoms with Crippen molar-refractivity contribution in [1.82, 2.24) is 10.3 Å². The van der Waals surface area contributed by atoms with Crippen LogP contribution in [0.5, 0.6) is 0 Å². The standard InChI is InChI=1S/C22H20ClN3O2/c1-14-3-4-15(2)19(11-14)26-22(28)20-12-17(9-10-24-20)21(27)25-13-16-5-7-18(23)8-6-16/h3-12H,13H2,1-2H3,(H,25,27)(H,26,28). The van der Waals surface area contributed by atoms with E-state index in [9.17, 15) is 9.59 Å². The summed E-state index contributed by atoms with van der Waals surface area (Å²) in [6.07, 6.45) is 1.45. The number of aryl methyl sites for hydroxylation is 2. The molecule has 3 rings (SSSR count). The molecule has 5 nitrogen and oxygen atoms in total. The average molecular weight is 394 g/mol. The largest absolute Gasteiger partial charge is 0.348 e. The number of carbonyl (C=O) groups is 2. The minimum absolute atomic E-state index is 0.181. The van der Waals surface area contributed by atoms with Crippen molar-refractivity contribution in [3.05, 3.63) is 93.8 Å². The van der Waals surface area contributed by atoms with Gasteiger partial charge in [0.1, 0.15) is 5.69 Å². The van der Waals surface area contributed by atoms with E-state index < -0.39 is 0 Å². The number of hydrogen-bond donors (Lipinski definition) is 2. The van der Waals surface area contributed by atoms with Crippen LogP contribution in [0.25, 0.3) is 0 Å². The Morgan fingerprint density at radius 1 is 0.964 bits per heavy atom. The van der Waals surface area contributed by atoms with Crippen molar-refractivity contribution < 1.29 is 9.59 Å². The third-order valence-corrected chi connectivity index (χ3v) is 4.51. The normalized spacial score (nSPS) is 10.4. The minimum atomic E-state index is -0.360. The van der Waals surface area contributed by atoms with Crippen LogP contribution in [0.15, 0.2) is 60.8 Å². The lowest BCUT2D eigenvalue weighted by atomic mass is 10.1. The van der Waals surface area contributed by atoms with Crippen molar-refractivity contribution in [2.45, 2.75) is 20.4 Å². The van der Waals surface area contributed by atoms with Gasteiger partial charge in [-0.1, -0.05) is 35.9 Å². The summed E-state index contributed by atoms with van der Waals surface area (Å²) in [7, 11) is 0. The molecule has 3 aromatic rings. The Balaban J connectivity index is 1.68. The summed E-state index contributed by atoms with van der Waals surface area (Å²) < 4.78 is 0. The third kappa shape index (κ3) is 4.96. The van der Waals surface area contributed by atoms with Gasteiger partial charge < -0.3 is 10.6 Å². The number of halogens is 1. The molecule has 0 aliphatic carbocycles. The van der Waals surface area contributed by atoms with Gasteiger partial charge in [0.15, 0.2) is 0 Å². The van der Waals surface area contributed by atoms with Crippen LogP contribution in [0.2, 0.25) is 5.02 Å². The Morgan fingerprint density at radius 2 is 1.71 bits per heavy atom. The summed E-state index contributed by atoms with van der Waals surface area (Å²) in [6.45, 7) is 4.24. The molecule has 6 heteroatoms. The van der Waals surface area contributed by atoms with Crippen molar-refractivity contribution in [2.24, 2.45) is 0 Å². The van der Waals surface area contributed by atoms with Gasteiger partial charge in [0, 0.05) is 29.0 Å². The lowest BCUT2D eigenvalue weighted by Gasteiger charge is -2.10. The van der Waals surface area contributed by atoms with Crippen molar-refractivity contribution >= 4 is 29.1 Å². The van der Waals surface area contributed by atoms with E-state index in [1.54, 1.807) is 18.2 Å². The maximum atomic E-state index is 12.5. The van der Waals surface area contributed by atoms with Gasteiger partial charge in [0.25, 0.3) is 11.8 Å². The Kier molecular flexibility index (Phi) is 6.06. The monoisotopic (exact) mass is 393 g/mol. The maximum Gasteiger partial charge on any atom is 0.274 e. The van der Waals surface area contributed by atoms with Crippen molar-refractivity contribution in [2.75, 3.05) is 5.32 Å². The topological polar surface area (TPSA) is 71.1 Å². The van der Waals surface area contributed by atoms with Crippen LogP contribution in [0, 0.1) is 13.8 Å². The molecule has 0 radical (unpaired) electrons. The smallest absolute Gasteiger partial charge is 0.274 e. The predicted molar refractivity (Wildman–Crippen MR) is 111 cm³/mol. The van der Waals surface area contributed by atoms with Gasteiger partial charge in [-0.25, -0.2) is 0 Å². The second-order valence-electron chi connectivity index (χ2n) is 6.51. The first kappa shape index (κ1) is 19.6. The van der Waals surface area contributed by atoms with E-state index in [-0.39, 0.29) is 17.5 Å². The molecule has 0 spiro atoms. The summed E-state index contributed by atoms with van der Waals surface area (Å²) in [4.78, 5) is 29.1. The first-order valence-electron chi connectivity index (χ1n) is 8.79. The van der Waals surface area contributed by atoms with E-state index in [4.69, 9.17) is 11.6 Å². The van der Waals surface area contributed by atoms with E-state index in [1.807, 2.05) is 44.2 Å². The van der Waals surface area contributed by atoms with Gasteiger partial charge in [-0.05, 0) is 60.9 Å². The van der Waals surface area contributed by atoms with Gasteiger partial charge in [0.2, 0.25) is 0 Å². The molecule has 0 aliphatic heterocycles. The molecule has 0 atom stereocenters. The van der Waals surface area contributed by atoms with Crippen LogP contribution in [0.1, 0.15) is 37.5 Å². The van der Waals surface area contributed by atoms with Gasteiger partial charge in [0.05, 0.1) is 0 Å². The number of rotatable bonds is 5. The number of amides is 2. The van der Waals surface area contributed by atoms with Crippen molar-refractivity contribution in [1.29, 1.82) is 0 Å². The molecule has 2 amide bonds. The van der Waals surface area contributed by atoms with E-state index in [0.29, 0.717) is 17.1 Å². The highest BCUT2D eigenvalue weighted by atomic mass is 35.5. The molecule has 2 aromatic carbocycles. The number of nitrogens with one attached hydrogen (secondary N) is 2. The first-order chi connectivity index (χ1) is 13.4. The highest BCUT2D eigenvalue weighted by Crippen LogP contribution is 2.17. The van der Waals surface area contributed by atoms with Crippen molar-refractivity contribution in [3.8, 4) is 0 Å². The zero-order valence-electron chi connectivity index (χ0n) is 15.6. The Bertz CT molecular complexity index is 1020. The van der Waals surface area contributed by atoms with Gasteiger partial charge >= 0.3 is 0 Å². The van der Waals surface area contributed by atoms with E-state index in [1.165, 1.54) is 12.3 Å². The number of carbonyl (C=O) groups excluding carboxylic acids is 2. The fourth-order valence-electron chi connectivity index (χ4n) is 2.64. The minimum Gasteiger partial charge on any atom is -0.348 e. The Labute approximate surface area is 168 Å². The molecule has 0 aliphatic rings. The third-order valence-electron chi connectivity index (χ3n) is 4.26. The molecular formula is C22H20ClN3O2. The highest BCUT2D eigenvalue weighted by molar-refractivity contribution is 6.30. The van der Waals surface area contributed by atoms with Gasteiger partial charge in [-0.2, -0.15) is 0 Å². The number of hydrogen-bond acceptors (Lipinski definition) is 3. The second kappa shape index (κ2) is 8.67. The zero-order valence-corrected chi connectivity index (χ0v) is 16.4. The molecule has 2 N–H and O–H groups in total. The molecular weight excluding hydrogens is 374 g/mol. The van der Waals surface area contributed by atoms with E-state index >= 15 is 0 Å². The summed E-state index contributed by atoms with van der Waals surface area (Å²) in [5.74, 6) is -0.640. The molecule has 28 heavy (non-hydrogen) atoms. The average Bonchev–Trinajstić information content (AvgIpc) is 2.70. The summed E-state index contributed by atoms with van der Waals surface area (Å²) in [5.41, 5.74) is 4.21. The van der Waals surface area contributed by atoms with Gasteiger partial charge in [-0.15, -0.1) is 0 Å². The quantitative estimate of drug-likeness (QED) is 0.668. The fraction of sp³-hybridized carbons (Fsp3) is 0.136. The number of pyridine rings is 1. The van der Waals surface area contributed by atoms with E-state index in [2.05, 4.69) is 15.6 Å². The van der Waals surface area contributed by atoms with Crippen LogP contribution < -0.4 is 10.6 Å². The summed E-state index contributed by atoms with van der Waals surface area (Å²) in [5, 5.41) is 6.32. The van der Waals surface area contributed by atoms with E-state index in [0.717, 1.165) is 22.4 Å². The summed E-state index contributed by atoms with van der Waals surface area (Å²) in [6, 6.07) is 16.1. The maximum absolute atomic E-state index is 12.5. The summed E-state index contributed by atoms with van der Waals surface area (Å²) >= 11 is 5.86. The van der Waals surface area contributed by atoms with Gasteiger partial charge in [-0.3, -0.25) is 14.6 Å². The molecule has 0 fully saturated rings. The van der Waals surface area contributed by atoms with Crippen LogP contribution in [-0.2, 0) is 6.54 Å². The first-order valence-corrected chi connectivity index (χ1v) is 9.17. The molecule has 1 heterocycles. The fourth-order valence-corrected chi connectivity index (χ4v) is 2.77. The van der Waals surface area contributed by atoms with Crippen LogP contribution in [0.3, 0.4) is 0 Å².